The smallest absolute Gasteiger partial charge is 0.124 e. The molecule has 0 aliphatic carbocycles. The summed E-state index contributed by atoms with van der Waals surface area (Å²) < 4.78 is 1.60. The van der Waals surface area contributed by atoms with Crippen molar-refractivity contribution in [1.82, 2.24) is 9.78 Å². The van der Waals surface area contributed by atoms with Crippen LogP contribution < -0.4 is 5.32 Å². The van der Waals surface area contributed by atoms with Crippen molar-refractivity contribution in [3.63, 3.8) is 0 Å². The average molecular weight is 254 g/mol. The second-order valence-corrected chi connectivity index (χ2v) is 3.93. The van der Waals surface area contributed by atoms with Gasteiger partial charge in [-0.05, 0) is 18.2 Å². The highest BCUT2D eigenvalue weighted by molar-refractivity contribution is 6.39. The van der Waals surface area contributed by atoms with E-state index < -0.39 is 0 Å². The van der Waals surface area contributed by atoms with E-state index in [9.17, 15) is 0 Å². The molecule has 0 atom stereocenters. The van der Waals surface area contributed by atoms with Gasteiger partial charge in [0.05, 0.1) is 15.7 Å². The van der Waals surface area contributed by atoms with Gasteiger partial charge in [0.15, 0.2) is 0 Å². The van der Waals surface area contributed by atoms with Gasteiger partial charge < -0.3 is 5.32 Å². The maximum atomic E-state index is 6.02. The minimum atomic E-state index is 0.542. The van der Waals surface area contributed by atoms with E-state index in [0.717, 1.165) is 0 Å². The first-order valence-electron chi connectivity index (χ1n) is 4.58. The van der Waals surface area contributed by atoms with Gasteiger partial charge in [-0.2, -0.15) is 5.10 Å². The Morgan fingerprint density at radius 1 is 1.25 bits per heavy atom. The first-order chi connectivity index (χ1) is 7.68. The van der Waals surface area contributed by atoms with Gasteiger partial charge in [0, 0.05) is 12.4 Å². The molecule has 82 valence electrons. The second-order valence-electron chi connectivity index (χ2n) is 3.12. The van der Waals surface area contributed by atoms with Crippen LogP contribution in [0.2, 0.25) is 10.0 Å². The molecule has 0 unspecified atom stereocenters. The van der Waals surface area contributed by atoms with E-state index in [1.807, 2.05) is 0 Å². The van der Waals surface area contributed by atoms with E-state index in [-0.39, 0.29) is 0 Å². The molecule has 0 bridgehead atoms. The molecule has 2 aromatic rings. The van der Waals surface area contributed by atoms with E-state index in [4.69, 9.17) is 23.2 Å². The van der Waals surface area contributed by atoms with Crippen LogP contribution in [-0.2, 0) is 0 Å². The van der Waals surface area contributed by atoms with Crippen LogP contribution in [0.1, 0.15) is 0 Å². The molecule has 0 saturated heterocycles. The fourth-order valence-corrected chi connectivity index (χ4v) is 1.74. The summed E-state index contributed by atoms with van der Waals surface area (Å²) in [6.45, 7) is 3.85. The van der Waals surface area contributed by atoms with Crippen molar-refractivity contribution in [2.75, 3.05) is 5.32 Å². The van der Waals surface area contributed by atoms with Crippen LogP contribution >= 0.6 is 23.2 Å². The third-order valence-electron chi connectivity index (χ3n) is 2.01. The first-order valence-corrected chi connectivity index (χ1v) is 5.34. The standard InChI is InChI=1S/C11H9Cl2N3/c1-8(16-7-3-6-14-16)15-11-9(12)4-2-5-10(11)13/h2-7,15H,1H2. The predicted octanol–water partition coefficient (Wildman–Crippen LogP) is 3.73. The molecule has 0 radical (unpaired) electrons. The Balaban J connectivity index is 2.25. The Hall–Kier alpha value is -1.45. The van der Waals surface area contributed by atoms with E-state index in [0.29, 0.717) is 21.6 Å². The van der Waals surface area contributed by atoms with Crippen LogP contribution in [0.25, 0.3) is 5.82 Å². The number of anilines is 1. The molecule has 1 aromatic heterocycles. The second kappa shape index (κ2) is 4.60. The monoisotopic (exact) mass is 253 g/mol. The van der Waals surface area contributed by atoms with Gasteiger partial charge in [-0.1, -0.05) is 35.8 Å². The lowest BCUT2D eigenvalue weighted by Gasteiger charge is -2.12. The Morgan fingerprint density at radius 3 is 2.50 bits per heavy atom. The van der Waals surface area contributed by atoms with E-state index in [1.54, 1.807) is 41.3 Å². The molecule has 0 saturated carbocycles. The Bertz CT molecular complexity index is 486. The van der Waals surface area contributed by atoms with Crippen molar-refractivity contribution >= 4 is 34.7 Å². The number of aromatic nitrogens is 2. The summed E-state index contributed by atoms with van der Waals surface area (Å²) in [5.41, 5.74) is 0.631. The van der Waals surface area contributed by atoms with Crippen molar-refractivity contribution in [2.24, 2.45) is 0 Å². The Labute approximate surface area is 103 Å². The maximum Gasteiger partial charge on any atom is 0.124 e. The fourth-order valence-electron chi connectivity index (χ4n) is 1.25. The molecule has 5 heteroatoms. The number of nitrogens with zero attached hydrogens (tertiary/aromatic N) is 2. The molecule has 0 aliphatic heterocycles. The van der Waals surface area contributed by atoms with Crippen LogP contribution in [0.15, 0.2) is 43.2 Å². The Morgan fingerprint density at radius 2 is 1.94 bits per heavy atom. The zero-order valence-electron chi connectivity index (χ0n) is 8.32. The van der Waals surface area contributed by atoms with Crippen LogP contribution in [0.3, 0.4) is 0 Å². The molecule has 0 spiro atoms. The highest BCUT2D eigenvalue weighted by atomic mass is 35.5. The molecule has 0 aliphatic rings. The molecule has 0 fully saturated rings. The number of halogens is 2. The largest absolute Gasteiger partial charge is 0.338 e. The van der Waals surface area contributed by atoms with Crippen molar-refractivity contribution in [2.45, 2.75) is 0 Å². The summed E-state index contributed by atoms with van der Waals surface area (Å²) in [7, 11) is 0. The van der Waals surface area contributed by atoms with Gasteiger partial charge >= 0.3 is 0 Å². The van der Waals surface area contributed by atoms with Gasteiger partial charge in [0.25, 0.3) is 0 Å². The van der Waals surface area contributed by atoms with Crippen molar-refractivity contribution in [3.05, 3.63) is 53.3 Å². The van der Waals surface area contributed by atoms with Crippen LogP contribution in [0.4, 0.5) is 5.69 Å². The van der Waals surface area contributed by atoms with E-state index in [2.05, 4.69) is 17.0 Å². The van der Waals surface area contributed by atoms with Crippen molar-refractivity contribution in [1.29, 1.82) is 0 Å². The summed E-state index contributed by atoms with van der Waals surface area (Å²) in [5.74, 6) is 0.583. The van der Waals surface area contributed by atoms with Gasteiger partial charge in [0.1, 0.15) is 5.82 Å². The zero-order chi connectivity index (χ0) is 11.5. The zero-order valence-corrected chi connectivity index (χ0v) is 9.83. The number of para-hydroxylation sites is 1. The normalized spacial score (nSPS) is 10.1. The summed E-state index contributed by atoms with van der Waals surface area (Å²) in [6, 6.07) is 7.10. The van der Waals surface area contributed by atoms with Gasteiger partial charge in [-0.15, -0.1) is 0 Å². The molecule has 3 nitrogen and oxygen atoms in total. The number of hydrogen-bond acceptors (Lipinski definition) is 2. The summed E-state index contributed by atoms with van der Waals surface area (Å²) in [5, 5.41) is 8.15. The van der Waals surface area contributed by atoms with Crippen LogP contribution in [0, 0.1) is 0 Å². The molecule has 1 heterocycles. The quantitative estimate of drug-likeness (QED) is 0.904. The maximum absolute atomic E-state index is 6.02. The predicted molar refractivity (Wildman–Crippen MR) is 67.6 cm³/mol. The highest BCUT2D eigenvalue weighted by Gasteiger charge is 2.06. The minimum Gasteiger partial charge on any atom is -0.338 e. The SMILES string of the molecule is C=C(Nc1c(Cl)cccc1Cl)n1cccn1. The minimum absolute atomic E-state index is 0.542. The summed E-state index contributed by atoms with van der Waals surface area (Å²) in [4.78, 5) is 0. The van der Waals surface area contributed by atoms with E-state index >= 15 is 0 Å². The lowest BCUT2D eigenvalue weighted by atomic mass is 10.3. The number of nitrogens with one attached hydrogen (secondary N) is 1. The molecule has 2 rings (SSSR count). The van der Waals surface area contributed by atoms with Crippen molar-refractivity contribution < 1.29 is 0 Å². The molecule has 1 aromatic carbocycles. The van der Waals surface area contributed by atoms with Crippen LogP contribution in [-0.4, -0.2) is 9.78 Å². The fraction of sp³-hybridized carbons (Fsp3) is 0. The summed E-state index contributed by atoms with van der Waals surface area (Å²) in [6.07, 6.45) is 3.45. The highest BCUT2D eigenvalue weighted by Crippen LogP contribution is 2.31. The lowest BCUT2D eigenvalue weighted by Crippen LogP contribution is -2.06. The number of hydrogen-bond donors (Lipinski definition) is 1. The van der Waals surface area contributed by atoms with Gasteiger partial charge in [0.2, 0.25) is 0 Å². The molecular formula is C11H9Cl2N3. The Kier molecular flexibility index (Phi) is 3.17. The van der Waals surface area contributed by atoms with E-state index in [1.165, 1.54) is 0 Å². The summed E-state index contributed by atoms with van der Waals surface area (Å²) >= 11 is 12.0. The van der Waals surface area contributed by atoms with Crippen molar-refractivity contribution in [3.8, 4) is 0 Å². The first kappa shape index (κ1) is 11.0. The topological polar surface area (TPSA) is 29.9 Å². The third-order valence-corrected chi connectivity index (χ3v) is 2.64. The third kappa shape index (κ3) is 2.21. The average Bonchev–Trinajstić information content (AvgIpc) is 2.76. The number of benzene rings is 1. The molecule has 16 heavy (non-hydrogen) atoms. The van der Waals surface area contributed by atoms with Crippen LogP contribution in [0.5, 0.6) is 0 Å². The number of rotatable bonds is 3. The molecule has 1 N–H and O–H groups in total. The molecular weight excluding hydrogens is 245 g/mol. The van der Waals surface area contributed by atoms with Gasteiger partial charge in [-0.25, -0.2) is 4.68 Å². The lowest BCUT2D eigenvalue weighted by molar-refractivity contribution is 0.901. The molecule has 0 amide bonds. The van der Waals surface area contributed by atoms with Gasteiger partial charge in [-0.3, -0.25) is 0 Å².